The van der Waals surface area contributed by atoms with Gasteiger partial charge < -0.3 is 0 Å². The number of carbonyl (C=O) groups excluding carboxylic acids is 1. The number of halogens is 1. The van der Waals surface area contributed by atoms with Crippen molar-refractivity contribution in [2.24, 2.45) is 10.9 Å². The maximum Gasteiger partial charge on any atom is 0.181 e. The van der Waals surface area contributed by atoms with Crippen LogP contribution in [0.15, 0.2) is 77.4 Å². The summed E-state index contributed by atoms with van der Waals surface area (Å²) in [6.07, 6.45) is 17.2. The van der Waals surface area contributed by atoms with Gasteiger partial charge in [-0.15, -0.1) is 0 Å². The second-order valence-corrected chi connectivity index (χ2v) is 10.9. The summed E-state index contributed by atoms with van der Waals surface area (Å²) in [5.41, 5.74) is 7.29. The average Bonchev–Trinajstić information content (AvgIpc) is 3.27. The van der Waals surface area contributed by atoms with Crippen LogP contribution in [0.2, 0.25) is 0 Å². The largest absolute Gasteiger partial charge is 0.299 e. The van der Waals surface area contributed by atoms with Gasteiger partial charge in [0, 0.05) is 43.0 Å². The second kappa shape index (κ2) is 10.7. The molecule has 1 saturated carbocycles. The molecule has 37 heavy (non-hydrogen) atoms. The van der Waals surface area contributed by atoms with Crippen LogP contribution in [0, 0.1) is 5.92 Å². The number of aromatic nitrogens is 1. The molecule has 2 aliphatic heterocycles. The number of pyridine rings is 1. The number of rotatable bonds is 7. The molecule has 1 aromatic heterocycles. The fourth-order valence-electron chi connectivity index (χ4n) is 6.13. The first-order chi connectivity index (χ1) is 18.1. The molecular weight excluding hydrogens is 461 g/mol. The standard InChI is InChI=1S/C32H34FN3O/c33-27-5-3-4-22(6-10-27)7-13-31(37)32-30-17-24(8-12-29(30)28-11-9-25(28)20-35-32)26-16-23(18-34-19-26)21-36-14-1-2-15-36/h4-6,8,10,12,16-19,25,28H,1-3,7,9,11,13-15,20-21H2. The number of benzene rings is 1. The number of aliphatic imine (C=N–C) groups is 1. The Morgan fingerprint density at radius 2 is 1.92 bits per heavy atom. The van der Waals surface area contributed by atoms with Gasteiger partial charge in [-0.05, 0) is 104 Å². The molecule has 1 saturated heterocycles. The van der Waals surface area contributed by atoms with Crippen molar-refractivity contribution < 1.29 is 9.18 Å². The molecule has 2 aromatic rings. The van der Waals surface area contributed by atoms with Crippen molar-refractivity contribution in [3.63, 3.8) is 0 Å². The van der Waals surface area contributed by atoms with Crippen molar-refractivity contribution in [1.29, 1.82) is 0 Å². The van der Waals surface area contributed by atoms with Crippen LogP contribution < -0.4 is 0 Å². The van der Waals surface area contributed by atoms with Gasteiger partial charge in [0.15, 0.2) is 5.78 Å². The van der Waals surface area contributed by atoms with Crippen molar-refractivity contribution in [2.75, 3.05) is 19.6 Å². The predicted octanol–water partition coefficient (Wildman–Crippen LogP) is 6.73. The van der Waals surface area contributed by atoms with Gasteiger partial charge in [0.25, 0.3) is 0 Å². The van der Waals surface area contributed by atoms with E-state index < -0.39 is 0 Å². The number of nitrogens with zero attached hydrogens (tertiary/aromatic N) is 3. The molecule has 190 valence electrons. The molecule has 2 atom stereocenters. The highest BCUT2D eigenvalue weighted by molar-refractivity contribution is 6.46. The number of fused-ring (bicyclic) bond motifs is 3. The van der Waals surface area contributed by atoms with Crippen LogP contribution in [0.3, 0.4) is 0 Å². The molecule has 0 N–H and O–H groups in total. The molecule has 0 bridgehead atoms. The molecule has 0 radical (unpaired) electrons. The lowest BCUT2D eigenvalue weighted by molar-refractivity contribution is -0.112. The SMILES string of the molecule is O=C(CCC1=CCC=C(F)C=C1)C1=NCC2CCC2c2ccc(-c3cncc(CN4CCCC4)c3)cc21. The van der Waals surface area contributed by atoms with Crippen molar-refractivity contribution in [1.82, 2.24) is 9.88 Å². The van der Waals surface area contributed by atoms with Crippen LogP contribution in [-0.2, 0) is 11.3 Å². The summed E-state index contributed by atoms with van der Waals surface area (Å²) < 4.78 is 13.5. The van der Waals surface area contributed by atoms with Gasteiger partial charge in [0.2, 0.25) is 0 Å². The minimum Gasteiger partial charge on any atom is -0.299 e. The van der Waals surface area contributed by atoms with Crippen LogP contribution in [-0.4, -0.2) is 41.0 Å². The summed E-state index contributed by atoms with van der Waals surface area (Å²) in [5.74, 6) is 0.871. The van der Waals surface area contributed by atoms with Crippen molar-refractivity contribution in [3.8, 4) is 11.1 Å². The lowest BCUT2D eigenvalue weighted by Gasteiger charge is -2.35. The average molecular weight is 496 g/mol. The van der Waals surface area contributed by atoms with E-state index in [0.717, 1.165) is 54.9 Å². The number of carbonyl (C=O) groups is 1. The summed E-state index contributed by atoms with van der Waals surface area (Å²) in [6, 6.07) is 8.84. The van der Waals surface area contributed by atoms with Gasteiger partial charge >= 0.3 is 0 Å². The van der Waals surface area contributed by atoms with Crippen LogP contribution in [0.5, 0.6) is 0 Å². The predicted molar refractivity (Wildman–Crippen MR) is 146 cm³/mol. The summed E-state index contributed by atoms with van der Waals surface area (Å²) in [4.78, 5) is 25.5. The van der Waals surface area contributed by atoms with Crippen LogP contribution >= 0.6 is 0 Å². The Hall–Kier alpha value is -3.18. The monoisotopic (exact) mass is 495 g/mol. The summed E-state index contributed by atoms with van der Waals surface area (Å²) in [7, 11) is 0. The minimum absolute atomic E-state index is 0.0765. The highest BCUT2D eigenvalue weighted by atomic mass is 19.1. The first-order valence-electron chi connectivity index (χ1n) is 13.8. The molecule has 6 rings (SSSR count). The molecular formula is C32H34FN3O. The van der Waals surface area contributed by atoms with Crippen molar-refractivity contribution in [3.05, 3.63) is 89.1 Å². The fraction of sp³-hybridized carbons (Fsp3) is 0.406. The molecule has 1 aromatic carbocycles. The Kier molecular flexibility index (Phi) is 6.97. The van der Waals surface area contributed by atoms with E-state index >= 15 is 0 Å². The number of likely N-dealkylation sites (tertiary alicyclic amines) is 1. The zero-order valence-electron chi connectivity index (χ0n) is 21.3. The van der Waals surface area contributed by atoms with E-state index in [9.17, 15) is 9.18 Å². The molecule has 4 aliphatic rings. The Balaban J connectivity index is 1.26. The fourth-order valence-corrected chi connectivity index (χ4v) is 6.13. The molecule has 5 heteroatoms. The Morgan fingerprint density at radius 3 is 2.76 bits per heavy atom. The molecule has 2 fully saturated rings. The van der Waals surface area contributed by atoms with Gasteiger partial charge in [-0.3, -0.25) is 19.7 Å². The smallest absolute Gasteiger partial charge is 0.181 e. The number of hydrogen-bond donors (Lipinski definition) is 0. The quantitative estimate of drug-likeness (QED) is 0.428. The first-order valence-corrected chi connectivity index (χ1v) is 13.8. The second-order valence-electron chi connectivity index (χ2n) is 10.9. The van der Waals surface area contributed by atoms with Gasteiger partial charge in [0.05, 0.1) is 0 Å². The number of ketones is 1. The minimum atomic E-state index is -0.221. The van der Waals surface area contributed by atoms with E-state index in [1.54, 1.807) is 12.2 Å². The van der Waals surface area contributed by atoms with Crippen LogP contribution in [0.25, 0.3) is 11.1 Å². The van der Waals surface area contributed by atoms with E-state index in [0.29, 0.717) is 36.8 Å². The summed E-state index contributed by atoms with van der Waals surface area (Å²) in [5, 5.41) is 0. The molecule has 2 aliphatic carbocycles. The maximum absolute atomic E-state index is 13.5. The van der Waals surface area contributed by atoms with Crippen molar-refractivity contribution in [2.45, 2.75) is 57.4 Å². The molecule has 4 nitrogen and oxygen atoms in total. The third-order valence-corrected chi connectivity index (χ3v) is 8.40. The van der Waals surface area contributed by atoms with E-state index in [1.807, 2.05) is 18.5 Å². The summed E-state index contributed by atoms with van der Waals surface area (Å²) in [6.45, 7) is 3.97. The highest BCUT2D eigenvalue weighted by Crippen LogP contribution is 2.46. The zero-order valence-corrected chi connectivity index (χ0v) is 21.3. The Morgan fingerprint density at radius 1 is 1.03 bits per heavy atom. The van der Waals surface area contributed by atoms with Gasteiger partial charge in [-0.2, -0.15) is 0 Å². The topological polar surface area (TPSA) is 45.6 Å². The van der Waals surface area contributed by atoms with E-state index in [-0.39, 0.29) is 11.6 Å². The normalized spacial score (nSPS) is 23.1. The third-order valence-electron chi connectivity index (χ3n) is 8.40. The van der Waals surface area contributed by atoms with E-state index in [1.165, 1.54) is 36.5 Å². The Bertz CT molecular complexity index is 1320. The van der Waals surface area contributed by atoms with Gasteiger partial charge in [-0.1, -0.05) is 29.9 Å². The number of Topliss-reactive ketones (excluding diaryl/α,β-unsaturated/α-hetero) is 1. The molecule has 0 amide bonds. The van der Waals surface area contributed by atoms with Gasteiger partial charge in [0.1, 0.15) is 11.5 Å². The van der Waals surface area contributed by atoms with E-state index in [4.69, 9.17) is 4.99 Å². The zero-order chi connectivity index (χ0) is 25.2. The van der Waals surface area contributed by atoms with Crippen molar-refractivity contribution >= 4 is 11.5 Å². The van der Waals surface area contributed by atoms with Gasteiger partial charge in [-0.25, -0.2) is 4.39 Å². The first kappa shape index (κ1) is 24.2. The Labute approximate surface area is 218 Å². The lowest BCUT2D eigenvalue weighted by Crippen LogP contribution is -2.25. The third kappa shape index (κ3) is 5.28. The van der Waals surface area contributed by atoms with E-state index in [2.05, 4.69) is 34.1 Å². The lowest BCUT2D eigenvalue weighted by atomic mass is 9.69. The maximum atomic E-state index is 13.5. The molecule has 2 unspecified atom stereocenters. The highest BCUT2D eigenvalue weighted by Gasteiger charge is 2.37. The van der Waals surface area contributed by atoms with Crippen LogP contribution in [0.4, 0.5) is 4.39 Å². The van der Waals surface area contributed by atoms with Crippen LogP contribution in [0.1, 0.15) is 67.6 Å². The summed E-state index contributed by atoms with van der Waals surface area (Å²) >= 11 is 0. The number of hydrogen-bond acceptors (Lipinski definition) is 4. The molecule has 3 heterocycles. The number of allylic oxidation sites excluding steroid dienone is 6. The molecule has 0 spiro atoms.